The molecule has 1 aromatic carbocycles. The van der Waals surface area contributed by atoms with Crippen molar-refractivity contribution in [2.45, 2.75) is 6.18 Å². The van der Waals surface area contributed by atoms with Gasteiger partial charge in [-0.05, 0) is 18.2 Å². The number of alkyl halides is 4. The lowest BCUT2D eigenvalue weighted by Crippen LogP contribution is -2.26. The quantitative estimate of drug-likeness (QED) is 0.484. The molecule has 0 aliphatic rings. The molecule has 4 nitrogen and oxygen atoms in total. The summed E-state index contributed by atoms with van der Waals surface area (Å²) in [6.45, 7) is 0.165. The van der Waals surface area contributed by atoms with Gasteiger partial charge < -0.3 is 10.6 Å². The van der Waals surface area contributed by atoms with Crippen LogP contribution in [-0.2, 0) is 11.0 Å². The first-order valence-electron chi connectivity index (χ1n) is 5.87. The molecule has 1 amide bonds. The Morgan fingerprint density at radius 3 is 2.64 bits per heavy atom. The van der Waals surface area contributed by atoms with E-state index in [1.54, 1.807) is 6.07 Å². The van der Waals surface area contributed by atoms with Gasteiger partial charge in [-0.25, -0.2) is 0 Å². The molecule has 0 radical (unpaired) electrons. The third-order valence-electron chi connectivity index (χ3n) is 2.40. The molecule has 1 rings (SSSR count). The number of halogens is 5. The zero-order chi connectivity index (χ0) is 16.8. The van der Waals surface area contributed by atoms with Crippen LogP contribution < -0.4 is 10.6 Å². The van der Waals surface area contributed by atoms with Crippen LogP contribution in [-0.4, -0.2) is 18.3 Å². The van der Waals surface area contributed by atoms with E-state index in [1.807, 2.05) is 0 Å². The van der Waals surface area contributed by atoms with E-state index in [2.05, 4.69) is 10.6 Å². The molecule has 0 aliphatic heterocycles. The summed E-state index contributed by atoms with van der Waals surface area (Å²) in [5, 5.41) is 13.2. The number of nitrogens with zero attached hydrogens (tertiary/aromatic N) is 1. The van der Waals surface area contributed by atoms with Crippen LogP contribution in [0.15, 0.2) is 30.0 Å². The van der Waals surface area contributed by atoms with Gasteiger partial charge in [0, 0.05) is 24.3 Å². The summed E-state index contributed by atoms with van der Waals surface area (Å²) in [5.41, 5.74) is -1.28. The van der Waals surface area contributed by atoms with E-state index in [-0.39, 0.29) is 23.7 Å². The number of anilines is 1. The molecule has 0 aromatic heterocycles. The van der Waals surface area contributed by atoms with Gasteiger partial charge in [0.25, 0.3) is 5.91 Å². The van der Waals surface area contributed by atoms with E-state index in [4.69, 9.17) is 28.5 Å². The number of benzene rings is 1. The van der Waals surface area contributed by atoms with Gasteiger partial charge in [-0.2, -0.15) is 18.4 Å². The molecule has 22 heavy (non-hydrogen) atoms. The Bertz CT molecular complexity index is 624. The first-order chi connectivity index (χ1) is 10.3. The number of hydrogen-bond donors (Lipinski definition) is 2. The zero-order valence-electron chi connectivity index (χ0n) is 11.0. The van der Waals surface area contributed by atoms with Crippen molar-refractivity contribution in [3.05, 3.63) is 40.6 Å². The van der Waals surface area contributed by atoms with Crippen molar-refractivity contribution in [3.8, 4) is 6.07 Å². The Kier molecular flexibility index (Phi) is 6.53. The molecule has 0 aliphatic carbocycles. The van der Waals surface area contributed by atoms with E-state index in [0.29, 0.717) is 0 Å². The number of rotatable bonds is 5. The van der Waals surface area contributed by atoms with E-state index >= 15 is 0 Å². The summed E-state index contributed by atoms with van der Waals surface area (Å²) >= 11 is 10.9. The third kappa shape index (κ3) is 5.13. The van der Waals surface area contributed by atoms with Crippen LogP contribution in [0, 0.1) is 11.3 Å². The van der Waals surface area contributed by atoms with Gasteiger partial charge in [-0.3, -0.25) is 4.79 Å². The summed E-state index contributed by atoms with van der Waals surface area (Å²) in [6.07, 6.45) is -3.60. The Morgan fingerprint density at radius 2 is 2.09 bits per heavy atom. The van der Waals surface area contributed by atoms with Crippen LogP contribution in [0.2, 0.25) is 5.02 Å². The van der Waals surface area contributed by atoms with Crippen LogP contribution in [0.25, 0.3) is 0 Å². The van der Waals surface area contributed by atoms with Gasteiger partial charge in [0.2, 0.25) is 0 Å². The summed E-state index contributed by atoms with van der Waals surface area (Å²) in [6, 6.07) is 4.78. The van der Waals surface area contributed by atoms with Crippen molar-refractivity contribution in [3.63, 3.8) is 0 Å². The minimum absolute atomic E-state index is 0.0367. The fraction of sp³-hybridized carbons (Fsp3) is 0.231. The minimum Gasteiger partial charge on any atom is -0.360 e. The molecule has 0 bridgehead atoms. The zero-order valence-corrected chi connectivity index (χ0v) is 12.5. The van der Waals surface area contributed by atoms with Crippen molar-refractivity contribution in [1.29, 1.82) is 5.26 Å². The molecular formula is C13H10Cl2F3N3O. The predicted molar refractivity (Wildman–Crippen MR) is 77.5 cm³/mol. The average Bonchev–Trinajstić information content (AvgIpc) is 2.46. The summed E-state index contributed by atoms with van der Waals surface area (Å²) < 4.78 is 38.1. The molecule has 1 aromatic rings. The highest BCUT2D eigenvalue weighted by Gasteiger charge is 2.33. The highest BCUT2D eigenvalue weighted by atomic mass is 35.5. The number of nitrogens with one attached hydrogen (secondary N) is 2. The standard InChI is InChI=1S/C13H10Cl2F3N3O/c14-3-4-20-12(22)8(6-19)7-21-9-1-2-11(15)10(5-9)13(16,17)18/h1-2,5,7,21H,3-4H2,(H,20,22)/b8-7-. The molecule has 2 N–H and O–H groups in total. The largest absolute Gasteiger partial charge is 0.417 e. The molecule has 0 saturated carbocycles. The van der Waals surface area contributed by atoms with Crippen LogP contribution in [0.1, 0.15) is 5.56 Å². The van der Waals surface area contributed by atoms with Crippen LogP contribution >= 0.6 is 23.2 Å². The molecular weight excluding hydrogens is 342 g/mol. The van der Waals surface area contributed by atoms with Crippen molar-refractivity contribution in [2.75, 3.05) is 17.7 Å². The molecule has 118 valence electrons. The van der Waals surface area contributed by atoms with Crippen LogP contribution in [0.5, 0.6) is 0 Å². The van der Waals surface area contributed by atoms with Gasteiger partial charge >= 0.3 is 6.18 Å². The number of carbonyl (C=O) groups excluding carboxylic acids is 1. The first-order valence-corrected chi connectivity index (χ1v) is 6.78. The molecule has 0 atom stereocenters. The van der Waals surface area contributed by atoms with Gasteiger partial charge in [0.15, 0.2) is 0 Å². The van der Waals surface area contributed by atoms with Crippen molar-refractivity contribution < 1.29 is 18.0 Å². The maximum atomic E-state index is 12.7. The molecule has 0 heterocycles. The van der Waals surface area contributed by atoms with Gasteiger partial charge in [-0.15, -0.1) is 11.6 Å². The Hall–Kier alpha value is -1.91. The molecule has 9 heteroatoms. The smallest absolute Gasteiger partial charge is 0.360 e. The van der Waals surface area contributed by atoms with Crippen molar-refractivity contribution in [1.82, 2.24) is 5.32 Å². The Balaban J connectivity index is 2.93. The van der Waals surface area contributed by atoms with Crippen LogP contribution in [0.3, 0.4) is 0 Å². The number of nitriles is 1. The third-order valence-corrected chi connectivity index (χ3v) is 2.92. The number of hydrogen-bond acceptors (Lipinski definition) is 3. The lowest BCUT2D eigenvalue weighted by atomic mass is 10.2. The number of carbonyl (C=O) groups is 1. The van der Waals surface area contributed by atoms with E-state index in [0.717, 1.165) is 18.3 Å². The topological polar surface area (TPSA) is 64.9 Å². The second-order valence-electron chi connectivity index (χ2n) is 3.95. The van der Waals surface area contributed by atoms with E-state index in [9.17, 15) is 18.0 Å². The fourth-order valence-corrected chi connectivity index (χ4v) is 1.71. The highest BCUT2D eigenvalue weighted by molar-refractivity contribution is 6.31. The second kappa shape index (κ2) is 7.92. The van der Waals surface area contributed by atoms with E-state index < -0.39 is 22.7 Å². The lowest BCUT2D eigenvalue weighted by Gasteiger charge is -2.11. The van der Waals surface area contributed by atoms with Gasteiger partial charge in [0.05, 0.1) is 10.6 Å². The van der Waals surface area contributed by atoms with Gasteiger partial charge in [-0.1, -0.05) is 11.6 Å². The molecule has 0 saturated heterocycles. The van der Waals surface area contributed by atoms with Gasteiger partial charge in [0.1, 0.15) is 11.6 Å². The molecule has 0 fully saturated rings. The SMILES string of the molecule is N#C/C(=C/Nc1ccc(Cl)c(C(F)(F)F)c1)C(=O)NCCCl. The van der Waals surface area contributed by atoms with Crippen LogP contribution in [0.4, 0.5) is 18.9 Å². The number of amides is 1. The Labute approximate surface area is 134 Å². The summed E-state index contributed by atoms with van der Waals surface area (Å²) in [7, 11) is 0. The fourth-order valence-electron chi connectivity index (χ4n) is 1.39. The minimum atomic E-state index is -4.60. The van der Waals surface area contributed by atoms with Crippen molar-refractivity contribution >= 4 is 34.8 Å². The molecule has 0 unspecified atom stereocenters. The second-order valence-corrected chi connectivity index (χ2v) is 4.74. The average molecular weight is 352 g/mol. The van der Waals surface area contributed by atoms with E-state index in [1.165, 1.54) is 6.07 Å². The summed E-state index contributed by atoms with van der Waals surface area (Å²) in [4.78, 5) is 11.5. The van der Waals surface area contributed by atoms with Crippen molar-refractivity contribution in [2.24, 2.45) is 0 Å². The normalized spacial score (nSPS) is 11.7. The predicted octanol–water partition coefficient (Wildman–Crippen LogP) is 3.53. The first kappa shape index (κ1) is 18.1. The monoisotopic (exact) mass is 351 g/mol. The maximum absolute atomic E-state index is 12.7. The lowest BCUT2D eigenvalue weighted by molar-refractivity contribution is -0.137. The molecule has 0 spiro atoms. The Morgan fingerprint density at radius 1 is 1.41 bits per heavy atom. The maximum Gasteiger partial charge on any atom is 0.417 e. The summed E-state index contributed by atoms with van der Waals surface area (Å²) in [5.74, 6) is -0.509. The highest BCUT2D eigenvalue weighted by Crippen LogP contribution is 2.36.